The molecule has 0 aliphatic carbocycles. The maximum Gasteiger partial charge on any atom is 0.336 e. The summed E-state index contributed by atoms with van der Waals surface area (Å²) in [7, 11) is -1.75. The van der Waals surface area contributed by atoms with Gasteiger partial charge in [0.1, 0.15) is 12.3 Å². The highest BCUT2D eigenvalue weighted by Crippen LogP contribution is 2.13. The van der Waals surface area contributed by atoms with E-state index >= 15 is 0 Å². The number of amides is 1. The Kier molecular flexibility index (Phi) is 5.02. The first-order valence-electron chi connectivity index (χ1n) is 4.90. The number of nitrogens with one attached hydrogen (secondary N) is 1. The molecule has 94 valence electrons. The van der Waals surface area contributed by atoms with E-state index in [4.69, 9.17) is 10.4 Å². The van der Waals surface area contributed by atoms with Gasteiger partial charge in [-0.25, -0.2) is 4.79 Å². The number of aromatic carboxylic acids is 1. The summed E-state index contributed by atoms with van der Waals surface area (Å²) in [5.41, 5.74) is -0.0936. The lowest BCUT2D eigenvalue weighted by atomic mass is 10.2. The summed E-state index contributed by atoms with van der Waals surface area (Å²) < 4.78 is 11.8. The van der Waals surface area contributed by atoms with Gasteiger partial charge in [0.15, 0.2) is 0 Å². The fraction of sp³-hybridized carbons (Fsp3) is 0.182. The number of nitriles is 1. The molecule has 1 unspecified atom stereocenters. The molecule has 0 saturated carbocycles. The van der Waals surface area contributed by atoms with E-state index in [-0.39, 0.29) is 22.8 Å². The van der Waals surface area contributed by atoms with Crippen molar-refractivity contribution in [3.05, 3.63) is 29.8 Å². The van der Waals surface area contributed by atoms with Crippen LogP contribution in [0.25, 0.3) is 0 Å². The van der Waals surface area contributed by atoms with E-state index in [1.807, 2.05) is 0 Å². The van der Waals surface area contributed by atoms with Crippen LogP contribution in [-0.2, 0) is 15.6 Å². The molecule has 0 aliphatic heterocycles. The van der Waals surface area contributed by atoms with Crippen LogP contribution < -0.4 is 5.32 Å². The second-order valence-electron chi connectivity index (χ2n) is 3.23. The monoisotopic (exact) mass is 266 g/mol. The molecule has 18 heavy (non-hydrogen) atoms. The highest BCUT2D eigenvalue weighted by Gasteiger charge is 2.16. The summed E-state index contributed by atoms with van der Waals surface area (Å²) in [4.78, 5) is 22.3. The Morgan fingerprint density at radius 1 is 1.39 bits per heavy atom. The van der Waals surface area contributed by atoms with Crippen molar-refractivity contribution >= 4 is 22.7 Å². The molecule has 0 fully saturated rings. The molecular weight excluding hydrogens is 256 g/mol. The average Bonchev–Trinajstić information content (AvgIpc) is 2.36. The van der Waals surface area contributed by atoms with Crippen LogP contribution in [0.3, 0.4) is 0 Å². The molecule has 6 nitrogen and oxygen atoms in total. The Morgan fingerprint density at radius 3 is 2.67 bits per heavy atom. The van der Waals surface area contributed by atoms with E-state index in [0.29, 0.717) is 0 Å². The Labute approximate surface area is 106 Å². The van der Waals surface area contributed by atoms with Gasteiger partial charge in [-0.05, 0) is 12.1 Å². The van der Waals surface area contributed by atoms with Gasteiger partial charge in [-0.15, -0.1) is 0 Å². The maximum absolute atomic E-state index is 11.8. The topological polar surface area (TPSA) is 107 Å². The number of carbonyl (C=O) groups excluding carboxylic acids is 1. The number of nitrogens with zero attached hydrogens (tertiary/aromatic N) is 1. The third-order valence-electron chi connectivity index (χ3n) is 1.99. The van der Waals surface area contributed by atoms with Crippen molar-refractivity contribution in [3.63, 3.8) is 0 Å². The van der Waals surface area contributed by atoms with Crippen LogP contribution in [0, 0.1) is 11.3 Å². The largest absolute Gasteiger partial charge is 0.478 e. The molecule has 0 saturated heterocycles. The molecule has 1 amide bonds. The van der Waals surface area contributed by atoms with Crippen LogP contribution >= 0.6 is 0 Å². The lowest BCUT2D eigenvalue weighted by Crippen LogP contribution is -2.28. The Balaban J connectivity index is 2.82. The van der Waals surface area contributed by atoms with Crippen molar-refractivity contribution in [2.45, 2.75) is 4.90 Å². The summed E-state index contributed by atoms with van der Waals surface area (Å²) in [6.45, 7) is -0.170. The van der Waals surface area contributed by atoms with Crippen molar-refractivity contribution in [1.29, 1.82) is 5.26 Å². The van der Waals surface area contributed by atoms with Gasteiger partial charge in [0, 0.05) is 0 Å². The minimum atomic E-state index is -1.75. The van der Waals surface area contributed by atoms with E-state index in [9.17, 15) is 13.8 Å². The van der Waals surface area contributed by atoms with Crippen molar-refractivity contribution in [2.75, 3.05) is 12.3 Å². The van der Waals surface area contributed by atoms with Crippen molar-refractivity contribution in [3.8, 4) is 6.07 Å². The predicted octanol–water partition coefficient (Wildman–Crippen LogP) is 0.132. The quantitative estimate of drug-likeness (QED) is 0.737. The summed E-state index contributed by atoms with van der Waals surface area (Å²) in [6, 6.07) is 7.50. The summed E-state index contributed by atoms with van der Waals surface area (Å²) in [5, 5.41) is 19.4. The molecule has 0 bridgehead atoms. The van der Waals surface area contributed by atoms with Crippen LogP contribution in [0.4, 0.5) is 0 Å². The molecule has 0 aromatic heterocycles. The van der Waals surface area contributed by atoms with Crippen LogP contribution in [0.2, 0.25) is 0 Å². The first kappa shape index (κ1) is 13.9. The maximum atomic E-state index is 11.8. The zero-order valence-electron chi connectivity index (χ0n) is 9.25. The van der Waals surface area contributed by atoms with Gasteiger partial charge in [-0.2, -0.15) is 5.26 Å². The van der Waals surface area contributed by atoms with Crippen molar-refractivity contribution in [1.82, 2.24) is 5.32 Å². The fourth-order valence-corrected chi connectivity index (χ4v) is 2.35. The Morgan fingerprint density at radius 2 is 2.06 bits per heavy atom. The molecule has 1 rings (SSSR count). The molecule has 7 heteroatoms. The molecule has 0 radical (unpaired) electrons. The van der Waals surface area contributed by atoms with Gasteiger partial charge in [0.2, 0.25) is 5.91 Å². The third kappa shape index (κ3) is 3.68. The van der Waals surface area contributed by atoms with Gasteiger partial charge < -0.3 is 10.4 Å². The molecule has 0 heterocycles. The van der Waals surface area contributed by atoms with E-state index in [0.717, 1.165) is 0 Å². The second kappa shape index (κ2) is 6.51. The number of hydrogen-bond acceptors (Lipinski definition) is 4. The highest BCUT2D eigenvalue weighted by atomic mass is 32.2. The zero-order chi connectivity index (χ0) is 13.5. The van der Waals surface area contributed by atoms with E-state index < -0.39 is 22.7 Å². The van der Waals surface area contributed by atoms with Gasteiger partial charge in [-0.1, -0.05) is 12.1 Å². The summed E-state index contributed by atoms with van der Waals surface area (Å²) in [5.74, 6) is -2.13. The molecule has 1 atom stereocenters. The van der Waals surface area contributed by atoms with Gasteiger partial charge in [0.25, 0.3) is 0 Å². The lowest BCUT2D eigenvalue weighted by molar-refractivity contribution is -0.118. The zero-order valence-corrected chi connectivity index (χ0v) is 10.1. The summed E-state index contributed by atoms with van der Waals surface area (Å²) >= 11 is 0. The average molecular weight is 266 g/mol. The highest BCUT2D eigenvalue weighted by molar-refractivity contribution is 7.85. The molecule has 1 aromatic carbocycles. The second-order valence-corrected chi connectivity index (χ2v) is 4.65. The van der Waals surface area contributed by atoms with Crippen LogP contribution in [0.15, 0.2) is 29.2 Å². The normalized spacial score (nSPS) is 11.3. The number of benzene rings is 1. The minimum Gasteiger partial charge on any atom is -0.478 e. The number of rotatable bonds is 5. The first-order valence-corrected chi connectivity index (χ1v) is 6.22. The molecule has 0 aliphatic rings. The molecule has 1 aromatic rings. The third-order valence-corrected chi connectivity index (χ3v) is 3.36. The van der Waals surface area contributed by atoms with E-state index in [1.165, 1.54) is 18.2 Å². The smallest absolute Gasteiger partial charge is 0.336 e. The molecular formula is C11H10N2O4S. The Hall–Kier alpha value is -2.20. The standard InChI is InChI=1S/C11H10N2O4S/c12-5-6-13-10(14)7-18(17)9-4-2-1-3-8(9)11(15)16/h1-4H,6-7H2,(H,13,14)(H,15,16). The lowest BCUT2D eigenvalue weighted by Gasteiger charge is -2.05. The van der Waals surface area contributed by atoms with Gasteiger partial charge >= 0.3 is 5.97 Å². The fourth-order valence-electron chi connectivity index (χ4n) is 1.23. The Bertz CT molecular complexity index is 536. The van der Waals surface area contributed by atoms with Gasteiger partial charge in [0.05, 0.1) is 27.3 Å². The first-order chi connectivity index (χ1) is 8.56. The van der Waals surface area contributed by atoms with Crippen molar-refractivity contribution in [2.24, 2.45) is 0 Å². The van der Waals surface area contributed by atoms with E-state index in [1.54, 1.807) is 12.1 Å². The van der Waals surface area contributed by atoms with Crippen LogP contribution in [0.1, 0.15) is 10.4 Å². The molecule has 2 N–H and O–H groups in total. The summed E-state index contributed by atoms with van der Waals surface area (Å²) in [6.07, 6.45) is 0. The SMILES string of the molecule is N#CCNC(=O)CS(=O)c1ccccc1C(=O)O. The van der Waals surface area contributed by atoms with E-state index in [2.05, 4.69) is 5.32 Å². The molecule has 0 spiro atoms. The van der Waals surface area contributed by atoms with Crippen LogP contribution in [-0.4, -0.2) is 33.5 Å². The van der Waals surface area contributed by atoms with Crippen LogP contribution in [0.5, 0.6) is 0 Å². The number of carboxylic acid groups (broad SMARTS) is 1. The number of carboxylic acids is 1. The van der Waals surface area contributed by atoms with Gasteiger partial charge in [-0.3, -0.25) is 9.00 Å². The number of carbonyl (C=O) groups is 2. The minimum absolute atomic E-state index is 0.0936. The number of hydrogen-bond donors (Lipinski definition) is 2. The van der Waals surface area contributed by atoms with Crippen molar-refractivity contribution < 1.29 is 18.9 Å². The predicted molar refractivity (Wildman–Crippen MR) is 63.3 cm³/mol.